The van der Waals surface area contributed by atoms with E-state index in [0.29, 0.717) is 11.8 Å². The molecule has 0 saturated heterocycles. The second-order valence-corrected chi connectivity index (χ2v) is 10.0. The summed E-state index contributed by atoms with van der Waals surface area (Å²) in [5.41, 5.74) is 14.3. The third-order valence-electron chi connectivity index (χ3n) is 8.45. The molecule has 6 aliphatic rings. The summed E-state index contributed by atoms with van der Waals surface area (Å²) in [6.07, 6.45) is 21.2. The molecular weight excluding hydrogens is 412 g/mol. The van der Waals surface area contributed by atoms with Crippen LogP contribution in [0.5, 0.6) is 0 Å². The molecule has 2 atom stereocenters. The standard InChI is InChI=1S/C32H26N2/c1-3-7-27-21(5-1)17-19-33(27)29-15-11-23-10-14-26-30(34-20-18-22-6-2-4-8-28(22)34)16-12-24-9-13-25(29)31(23)32(24)26/h1-16,31-32H,17-20H2. The summed E-state index contributed by atoms with van der Waals surface area (Å²) < 4.78 is 0. The zero-order valence-electron chi connectivity index (χ0n) is 19.1. The average molecular weight is 439 g/mol. The Morgan fingerprint density at radius 1 is 0.588 bits per heavy atom. The van der Waals surface area contributed by atoms with E-state index in [0.717, 1.165) is 25.9 Å². The molecule has 8 rings (SSSR count). The number of benzene rings is 2. The van der Waals surface area contributed by atoms with Crippen LogP contribution in [0.1, 0.15) is 11.1 Å². The van der Waals surface area contributed by atoms with Crippen molar-refractivity contribution in [1.82, 2.24) is 0 Å². The topological polar surface area (TPSA) is 6.48 Å². The molecule has 2 aromatic carbocycles. The van der Waals surface area contributed by atoms with Gasteiger partial charge in [-0.15, -0.1) is 0 Å². The molecule has 34 heavy (non-hydrogen) atoms. The van der Waals surface area contributed by atoms with Crippen molar-refractivity contribution in [1.29, 1.82) is 0 Å². The van der Waals surface area contributed by atoms with Gasteiger partial charge in [0.15, 0.2) is 0 Å². The third kappa shape index (κ3) is 2.46. The summed E-state index contributed by atoms with van der Waals surface area (Å²) in [6, 6.07) is 17.8. The number of para-hydroxylation sites is 2. The Kier molecular flexibility index (Phi) is 3.76. The zero-order valence-corrected chi connectivity index (χ0v) is 19.1. The highest BCUT2D eigenvalue weighted by Crippen LogP contribution is 2.53. The molecule has 0 fully saturated rings. The van der Waals surface area contributed by atoms with Crippen LogP contribution >= 0.6 is 0 Å². The lowest BCUT2D eigenvalue weighted by molar-refractivity contribution is 0.548. The van der Waals surface area contributed by atoms with Gasteiger partial charge < -0.3 is 9.80 Å². The monoisotopic (exact) mass is 438 g/mol. The second kappa shape index (κ2) is 6.87. The maximum absolute atomic E-state index is 2.55. The summed E-state index contributed by atoms with van der Waals surface area (Å²) in [7, 11) is 0. The van der Waals surface area contributed by atoms with Crippen molar-refractivity contribution < 1.29 is 0 Å². The summed E-state index contributed by atoms with van der Waals surface area (Å²) in [5, 5.41) is 0. The second-order valence-electron chi connectivity index (χ2n) is 10.0. The molecule has 2 nitrogen and oxygen atoms in total. The van der Waals surface area contributed by atoms with E-state index >= 15 is 0 Å². The molecule has 0 amide bonds. The first-order chi connectivity index (χ1) is 16.9. The van der Waals surface area contributed by atoms with Gasteiger partial charge in [0.05, 0.1) is 0 Å². The predicted molar refractivity (Wildman–Crippen MR) is 140 cm³/mol. The van der Waals surface area contributed by atoms with E-state index in [4.69, 9.17) is 0 Å². The van der Waals surface area contributed by atoms with Gasteiger partial charge in [-0.05, 0) is 70.5 Å². The third-order valence-corrected chi connectivity index (χ3v) is 8.45. The summed E-state index contributed by atoms with van der Waals surface area (Å²) in [4.78, 5) is 5.09. The van der Waals surface area contributed by atoms with E-state index < -0.39 is 0 Å². The van der Waals surface area contributed by atoms with Crippen molar-refractivity contribution in [2.24, 2.45) is 11.8 Å². The first kappa shape index (κ1) is 18.6. The van der Waals surface area contributed by atoms with Crippen molar-refractivity contribution >= 4 is 11.4 Å². The van der Waals surface area contributed by atoms with Crippen LogP contribution in [0.2, 0.25) is 0 Å². The van der Waals surface area contributed by atoms with Crippen LogP contribution in [0, 0.1) is 11.8 Å². The van der Waals surface area contributed by atoms with E-state index in [1.165, 1.54) is 56.2 Å². The van der Waals surface area contributed by atoms with Gasteiger partial charge in [0.25, 0.3) is 0 Å². The molecule has 2 heteroatoms. The Balaban J connectivity index is 1.24. The summed E-state index contributed by atoms with van der Waals surface area (Å²) >= 11 is 0. The summed E-state index contributed by atoms with van der Waals surface area (Å²) in [6.45, 7) is 2.13. The number of hydrogen-bond donors (Lipinski definition) is 0. The van der Waals surface area contributed by atoms with Gasteiger partial charge >= 0.3 is 0 Å². The van der Waals surface area contributed by atoms with E-state index in [2.05, 4.69) is 107 Å². The first-order valence-electron chi connectivity index (χ1n) is 12.5. The van der Waals surface area contributed by atoms with Gasteiger partial charge in [-0.1, -0.05) is 72.9 Å². The van der Waals surface area contributed by atoms with Crippen LogP contribution in [0.3, 0.4) is 0 Å². The molecule has 0 bridgehead atoms. The SMILES string of the molecule is C1=CC2=C(N3CCc4ccccc43)C=CC3=CC=C4C(N5CCc6ccccc65)=CC=C1C4C32. The van der Waals surface area contributed by atoms with E-state index in [9.17, 15) is 0 Å². The fourth-order valence-corrected chi connectivity index (χ4v) is 6.91. The number of nitrogens with zero attached hydrogens (tertiary/aromatic N) is 2. The van der Waals surface area contributed by atoms with Crippen molar-refractivity contribution in [2.75, 3.05) is 22.9 Å². The highest BCUT2D eigenvalue weighted by Gasteiger charge is 2.42. The van der Waals surface area contributed by atoms with Crippen LogP contribution in [-0.2, 0) is 12.8 Å². The summed E-state index contributed by atoms with van der Waals surface area (Å²) in [5.74, 6) is 0.788. The Hall–Kier alpha value is -3.78. The molecule has 164 valence electrons. The highest BCUT2D eigenvalue weighted by molar-refractivity contribution is 5.73. The van der Waals surface area contributed by atoms with Gasteiger partial charge in [-0.3, -0.25) is 0 Å². The Bertz CT molecular complexity index is 1470. The van der Waals surface area contributed by atoms with Gasteiger partial charge in [-0.2, -0.15) is 0 Å². The maximum atomic E-state index is 2.55. The number of allylic oxidation sites excluding steroid dienone is 12. The minimum Gasteiger partial charge on any atom is -0.341 e. The number of hydrogen-bond acceptors (Lipinski definition) is 2. The van der Waals surface area contributed by atoms with Crippen LogP contribution < -0.4 is 9.80 Å². The number of fused-ring (bicyclic) bond motifs is 2. The van der Waals surface area contributed by atoms with Crippen molar-refractivity contribution in [3.63, 3.8) is 0 Å². The van der Waals surface area contributed by atoms with Crippen LogP contribution in [0.4, 0.5) is 11.4 Å². The van der Waals surface area contributed by atoms with Crippen LogP contribution in [0.15, 0.2) is 131 Å². The molecule has 4 aliphatic carbocycles. The highest BCUT2D eigenvalue weighted by atomic mass is 15.2. The quantitative estimate of drug-likeness (QED) is 0.533. The van der Waals surface area contributed by atoms with Crippen molar-refractivity contribution in [2.45, 2.75) is 12.8 Å². The number of anilines is 2. The van der Waals surface area contributed by atoms with Gasteiger partial charge in [0.2, 0.25) is 0 Å². The predicted octanol–water partition coefficient (Wildman–Crippen LogP) is 6.43. The molecule has 0 saturated carbocycles. The van der Waals surface area contributed by atoms with Crippen molar-refractivity contribution in [3.8, 4) is 0 Å². The minimum absolute atomic E-state index is 0.394. The lowest BCUT2D eigenvalue weighted by atomic mass is 9.63. The van der Waals surface area contributed by atoms with E-state index in [1.54, 1.807) is 0 Å². The maximum Gasteiger partial charge on any atom is 0.0450 e. The van der Waals surface area contributed by atoms with E-state index in [1.807, 2.05) is 0 Å². The van der Waals surface area contributed by atoms with Gasteiger partial charge in [0, 0.05) is 47.7 Å². The fourth-order valence-electron chi connectivity index (χ4n) is 6.91. The largest absolute Gasteiger partial charge is 0.341 e. The van der Waals surface area contributed by atoms with Crippen LogP contribution in [0.25, 0.3) is 0 Å². The molecule has 2 heterocycles. The Morgan fingerprint density at radius 2 is 1.24 bits per heavy atom. The average Bonchev–Trinajstić information content (AvgIpc) is 3.52. The molecule has 2 aromatic rings. The normalized spacial score (nSPS) is 25.4. The van der Waals surface area contributed by atoms with Crippen molar-refractivity contribution in [3.05, 3.63) is 142 Å². The number of rotatable bonds is 2. The molecular formula is C32H26N2. The van der Waals surface area contributed by atoms with Gasteiger partial charge in [0.1, 0.15) is 0 Å². The van der Waals surface area contributed by atoms with E-state index in [-0.39, 0.29) is 0 Å². The van der Waals surface area contributed by atoms with Gasteiger partial charge in [-0.25, -0.2) is 0 Å². The molecule has 2 aliphatic heterocycles. The molecule has 2 unspecified atom stereocenters. The molecule has 0 radical (unpaired) electrons. The minimum atomic E-state index is 0.394. The fraction of sp³-hybridized carbons (Fsp3) is 0.188. The zero-order chi connectivity index (χ0) is 22.2. The Labute approximate surface area is 200 Å². The van der Waals surface area contributed by atoms with Crippen LogP contribution in [-0.4, -0.2) is 13.1 Å². The molecule has 0 aromatic heterocycles. The first-order valence-corrected chi connectivity index (χ1v) is 12.5. The lowest BCUT2D eigenvalue weighted by Crippen LogP contribution is -2.36. The smallest absolute Gasteiger partial charge is 0.0450 e. The lowest BCUT2D eigenvalue weighted by Gasteiger charge is -2.44. The molecule has 0 spiro atoms. The molecule has 0 N–H and O–H groups in total. The Morgan fingerprint density at radius 3 is 2.06 bits per heavy atom.